The molecule has 1 aliphatic rings. The van der Waals surface area contributed by atoms with Gasteiger partial charge in [0.2, 0.25) is 11.8 Å². The largest absolute Gasteiger partial charge is 0.374 e. The Labute approximate surface area is 245 Å². The molecule has 5 N–H and O–H groups in total. The normalized spacial score (nSPS) is 18.6. The van der Waals surface area contributed by atoms with Crippen LogP contribution in [0.1, 0.15) is 64.8 Å². The Bertz CT molecular complexity index is 1100. The topological polar surface area (TPSA) is 117 Å². The lowest BCUT2D eigenvalue weighted by Crippen LogP contribution is -2.59. The van der Waals surface area contributed by atoms with Crippen LogP contribution in [0.15, 0.2) is 54.6 Å². The molecule has 2 aromatic rings. The Hall–Kier alpha value is -2.98. The number of aliphatic hydroxyl groups is 2. The predicted octanol–water partition coefficient (Wildman–Crippen LogP) is 3.10. The molecule has 226 valence electrons. The number of aliphatic hydroxyl groups excluding tert-OH is 2. The molecule has 2 aromatic carbocycles. The van der Waals surface area contributed by atoms with Gasteiger partial charge in [-0.25, -0.2) is 0 Å². The van der Waals surface area contributed by atoms with Gasteiger partial charge in [-0.1, -0.05) is 63.2 Å². The highest BCUT2D eigenvalue weighted by Gasteiger charge is 2.40. The summed E-state index contributed by atoms with van der Waals surface area (Å²) in [7, 11) is 1.72. The van der Waals surface area contributed by atoms with Gasteiger partial charge in [0.25, 0.3) is 0 Å². The Balaban J connectivity index is 1.81. The van der Waals surface area contributed by atoms with Crippen molar-refractivity contribution in [3.8, 4) is 0 Å². The highest BCUT2D eigenvalue weighted by molar-refractivity contribution is 5.90. The van der Waals surface area contributed by atoms with Crippen LogP contribution in [0.5, 0.6) is 0 Å². The number of hydrogen-bond acceptors (Lipinski definition) is 7. The van der Waals surface area contributed by atoms with E-state index in [-0.39, 0.29) is 17.9 Å². The maximum absolute atomic E-state index is 14.0. The van der Waals surface area contributed by atoms with Crippen molar-refractivity contribution in [1.29, 1.82) is 0 Å². The number of carbonyl (C=O) groups excluding carboxylic acids is 2. The molecule has 0 aromatic heterocycles. The highest BCUT2D eigenvalue weighted by Crippen LogP contribution is 2.28. The van der Waals surface area contributed by atoms with Gasteiger partial charge in [-0.15, -0.1) is 0 Å². The lowest BCUT2D eigenvalue weighted by molar-refractivity contribution is -0.141. The molecule has 0 bridgehead atoms. The summed E-state index contributed by atoms with van der Waals surface area (Å²) in [6, 6.07) is 16.4. The Morgan fingerprint density at radius 3 is 2.29 bits per heavy atom. The van der Waals surface area contributed by atoms with Gasteiger partial charge in [0, 0.05) is 31.4 Å². The first kappa shape index (κ1) is 32.5. The first-order valence-corrected chi connectivity index (χ1v) is 14.7. The highest BCUT2D eigenvalue weighted by atomic mass is 16.3. The molecule has 0 spiro atoms. The lowest BCUT2D eigenvalue weighted by Gasteiger charge is -2.38. The summed E-state index contributed by atoms with van der Waals surface area (Å²) >= 11 is 0. The number of nitrogens with zero attached hydrogens (tertiary/aromatic N) is 2. The zero-order chi connectivity index (χ0) is 30.2. The zero-order valence-electron chi connectivity index (χ0n) is 25.4. The second kappa shape index (κ2) is 14.8. The van der Waals surface area contributed by atoms with Crippen molar-refractivity contribution < 1.29 is 19.8 Å². The van der Waals surface area contributed by atoms with Gasteiger partial charge < -0.3 is 31.1 Å². The lowest BCUT2D eigenvalue weighted by atomic mass is 9.85. The van der Waals surface area contributed by atoms with E-state index in [1.807, 2.05) is 73.0 Å². The predicted molar refractivity (Wildman–Crippen MR) is 163 cm³/mol. The zero-order valence-corrected chi connectivity index (χ0v) is 25.4. The molecule has 2 unspecified atom stereocenters. The first-order chi connectivity index (χ1) is 19.4. The molecule has 3 rings (SSSR count). The van der Waals surface area contributed by atoms with Gasteiger partial charge in [0.1, 0.15) is 18.5 Å². The molecule has 9 nitrogen and oxygen atoms in total. The van der Waals surface area contributed by atoms with E-state index in [4.69, 9.17) is 0 Å². The van der Waals surface area contributed by atoms with Crippen LogP contribution in [0.4, 0.5) is 5.69 Å². The van der Waals surface area contributed by atoms with Gasteiger partial charge in [0.15, 0.2) is 0 Å². The van der Waals surface area contributed by atoms with E-state index in [9.17, 15) is 19.8 Å². The molecular formula is C32H49N5O4. The van der Waals surface area contributed by atoms with Crippen LogP contribution in [-0.4, -0.2) is 82.9 Å². The number of hydrogen-bond donors (Lipinski definition) is 5. The molecule has 1 aliphatic heterocycles. The van der Waals surface area contributed by atoms with Crippen LogP contribution < -0.4 is 16.0 Å². The maximum Gasteiger partial charge on any atom is 0.245 e. The summed E-state index contributed by atoms with van der Waals surface area (Å²) in [5, 5.41) is 30.1. The van der Waals surface area contributed by atoms with E-state index < -0.39 is 30.0 Å². The third kappa shape index (κ3) is 9.26. The molecule has 41 heavy (non-hydrogen) atoms. The standard InChI is InChI=1S/C32H49N5O4/c1-22(33-6)29(39)35-28(32(3,4)5)31(41)37-19-10-13-27(37)21-36(20-18-24-11-8-7-9-12-24)30(40)25-14-16-26(17-15-25)34-23(2)38/h7-9,11-12,14-17,22-23,27-28,30,33-34,38,40H,10,13,18-21H2,1-6H3,(H,35,39)/t22-,23?,27-,28+,30?/m0/s1. The number of amides is 2. The third-order valence-corrected chi connectivity index (χ3v) is 7.79. The van der Waals surface area contributed by atoms with E-state index in [2.05, 4.69) is 28.1 Å². The van der Waals surface area contributed by atoms with Crippen molar-refractivity contribution >= 4 is 17.5 Å². The number of likely N-dealkylation sites (N-methyl/N-ethyl adjacent to an activating group) is 1. The van der Waals surface area contributed by atoms with E-state index in [0.717, 1.165) is 30.5 Å². The van der Waals surface area contributed by atoms with Crippen molar-refractivity contribution in [3.63, 3.8) is 0 Å². The summed E-state index contributed by atoms with van der Waals surface area (Å²) in [5.74, 6) is -0.285. The molecule has 0 radical (unpaired) electrons. The average molecular weight is 568 g/mol. The summed E-state index contributed by atoms with van der Waals surface area (Å²) in [4.78, 5) is 30.6. The van der Waals surface area contributed by atoms with E-state index >= 15 is 0 Å². The second-order valence-electron chi connectivity index (χ2n) is 12.2. The molecule has 5 atom stereocenters. The fourth-order valence-corrected chi connectivity index (χ4v) is 5.23. The molecule has 9 heteroatoms. The van der Waals surface area contributed by atoms with Crippen molar-refractivity contribution in [1.82, 2.24) is 20.4 Å². The number of anilines is 1. The van der Waals surface area contributed by atoms with Gasteiger partial charge in [-0.2, -0.15) is 0 Å². The summed E-state index contributed by atoms with van der Waals surface area (Å²) in [6.07, 6.45) is 0.905. The van der Waals surface area contributed by atoms with E-state index in [0.29, 0.717) is 19.6 Å². The van der Waals surface area contributed by atoms with Crippen molar-refractivity contribution in [2.75, 3.05) is 32.0 Å². The van der Waals surface area contributed by atoms with E-state index in [1.165, 1.54) is 5.56 Å². The average Bonchev–Trinajstić information content (AvgIpc) is 3.41. The molecule has 1 fully saturated rings. The van der Waals surface area contributed by atoms with Gasteiger partial charge in [-0.05, 0) is 68.8 Å². The summed E-state index contributed by atoms with van der Waals surface area (Å²) in [6.45, 7) is 11.1. The fourth-order valence-electron chi connectivity index (χ4n) is 5.23. The second-order valence-corrected chi connectivity index (χ2v) is 12.2. The molecule has 0 aliphatic carbocycles. The van der Waals surface area contributed by atoms with Gasteiger partial charge in [-0.3, -0.25) is 14.5 Å². The molecule has 1 saturated heterocycles. The van der Waals surface area contributed by atoms with Crippen molar-refractivity contribution in [2.45, 2.75) is 84.5 Å². The van der Waals surface area contributed by atoms with Crippen LogP contribution in [-0.2, 0) is 16.0 Å². The van der Waals surface area contributed by atoms with Crippen LogP contribution in [0, 0.1) is 5.41 Å². The number of carbonyl (C=O) groups is 2. The molecule has 1 heterocycles. The van der Waals surface area contributed by atoms with Crippen LogP contribution in [0.2, 0.25) is 0 Å². The monoisotopic (exact) mass is 567 g/mol. The maximum atomic E-state index is 14.0. The van der Waals surface area contributed by atoms with Crippen molar-refractivity contribution in [3.05, 3.63) is 65.7 Å². The summed E-state index contributed by atoms with van der Waals surface area (Å²) < 4.78 is 0. The van der Waals surface area contributed by atoms with Crippen LogP contribution >= 0.6 is 0 Å². The molecule has 0 saturated carbocycles. The number of rotatable bonds is 13. The Morgan fingerprint density at radius 1 is 1.05 bits per heavy atom. The smallest absolute Gasteiger partial charge is 0.245 e. The molecular weight excluding hydrogens is 518 g/mol. The minimum atomic E-state index is -0.869. The van der Waals surface area contributed by atoms with E-state index in [1.54, 1.807) is 20.9 Å². The minimum Gasteiger partial charge on any atom is -0.374 e. The van der Waals surface area contributed by atoms with Crippen molar-refractivity contribution in [2.24, 2.45) is 5.41 Å². The third-order valence-electron chi connectivity index (χ3n) is 7.79. The first-order valence-electron chi connectivity index (χ1n) is 14.7. The molecule has 2 amide bonds. The van der Waals surface area contributed by atoms with Crippen LogP contribution in [0.3, 0.4) is 0 Å². The Kier molecular flexibility index (Phi) is 11.7. The SMILES string of the molecule is CN[C@@H](C)C(=O)N[C@H](C(=O)N1CCC[C@H]1CN(CCc1ccccc1)C(O)c1ccc(NC(C)O)cc1)C(C)(C)C. The quantitative estimate of drug-likeness (QED) is 0.236. The number of likely N-dealkylation sites (tertiary alicyclic amines) is 1. The number of nitrogens with one attached hydrogen (secondary N) is 3. The fraction of sp³-hybridized carbons (Fsp3) is 0.562. The van der Waals surface area contributed by atoms with Gasteiger partial charge in [0.05, 0.1) is 6.04 Å². The number of benzene rings is 2. The van der Waals surface area contributed by atoms with Gasteiger partial charge >= 0.3 is 0 Å². The van der Waals surface area contributed by atoms with Crippen LogP contribution in [0.25, 0.3) is 0 Å². The minimum absolute atomic E-state index is 0.0808. The Morgan fingerprint density at radius 2 is 1.71 bits per heavy atom. The summed E-state index contributed by atoms with van der Waals surface area (Å²) in [5.41, 5.74) is 2.21.